The molecule has 0 saturated carbocycles. The Balaban J connectivity index is 1.72. The molecule has 140 valence electrons. The smallest absolute Gasteiger partial charge is 0.348 e. The summed E-state index contributed by atoms with van der Waals surface area (Å²) >= 11 is 0. The van der Waals surface area contributed by atoms with Gasteiger partial charge in [-0.15, -0.1) is 0 Å². The summed E-state index contributed by atoms with van der Waals surface area (Å²) in [6.45, 7) is 1.95. The lowest BCUT2D eigenvalue weighted by Crippen LogP contribution is -2.39. The first-order chi connectivity index (χ1) is 12.5. The van der Waals surface area contributed by atoms with Gasteiger partial charge in [0.2, 0.25) is 0 Å². The zero-order valence-electron chi connectivity index (χ0n) is 15.1. The number of ether oxygens (including phenoxy) is 1. The quantitative estimate of drug-likeness (QED) is 0.589. The van der Waals surface area contributed by atoms with E-state index >= 15 is 0 Å². The van der Waals surface area contributed by atoms with Crippen molar-refractivity contribution in [3.05, 3.63) is 29.3 Å². The van der Waals surface area contributed by atoms with E-state index in [-0.39, 0.29) is 12.2 Å². The number of nitrogens with zero attached hydrogens (tertiary/aromatic N) is 1. The second-order valence-electron chi connectivity index (χ2n) is 7.05. The Hall–Kier alpha value is -2.42. The lowest BCUT2D eigenvalue weighted by molar-refractivity contribution is -0.183. The lowest BCUT2D eigenvalue weighted by Gasteiger charge is -2.35. The Morgan fingerprint density at radius 2 is 1.96 bits per heavy atom. The first-order valence-corrected chi connectivity index (χ1v) is 9.05. The number of carbonyl (C=O) groups is 2. The average Bonchev–Trinajstić information content (AvgIpc) is 2.63. The molecule has 1 aliphatic rings. The predicted molar refractivity (Wildman–Crippen MR) is 93.3 cm³/mol. The van der Waals surface area contributed by atoms with Crippen molar-refractivity contribution in [2.45, 2.75) is 70.3 Å². The molecule has 0 amide bonds. The molecule has 0 saturated heterocycles. The van der Waals surface area contributed by atoms with Crippen molar-refractivity contribution in [2.24, 2.45) is 0 Å². The number of fused-ring (bicyclic) bond motifs is 1. The van der Waals surface area contributed by atoms with E-state index in [1.54, 1.807) is 18.2 Å². The number of halogens is 1. The van der Waals surface area contributed by atoms with Gasteiger partial charge in [0, 0.05) is 10.9 Å². The summed E-state index contributed by atoms with van der Waals surface area (Å²) < 4.78 is 17.6. The van der Waals surface area contributed by atoms with Crippen LogP contribution in [0.5, 0.6) is 5.75 Å². The molecule has 1 unspecified atom stereocenters. The summed E-state index contributed by atoms with van der Waals surface area (Å²) in [5, 5.41) is 8.95. The molecule has 2 rings (SSSR count). The molecule has 5 nitrogen and oxygen atoms in total. The van der Waals surface area contributed by atoms with E-state index in [1.807, 2.05) is 13.0 Å². The zero-order valence-corrected chi connectivity index (χ0v) is 15.1. The van der Waals surface area contributed by atoms with Crippen LogP contribution in [0.25, 0.3) is 0 Å². The minimum absolute atomic E-state index is 0.0191. The van der Waals surface area contributed by atoms with Crippen LogP contribution in [0.1, 0.15) is 80.6 Å². The molecule has 1 aliphatic heterocycles. The molecular weight excluding hydrogens is 337 g/mol. The number of benzene rings is 1. The summed E-state index contributed by atoms with van der Waals surface area (Å²) in [5.74, 6) is -0.229. The maximum Gasteiger partial charge on any atom is 0.348 e. The van der Waals surface area contributed by atoms with Crippen molar-refractivity contribution in [3.8, 4) is 11.8 Å². The fourth-order valence-corrected chi connectivity index (χ4v) is 3.30. The maximum absolute atomic E-state index is 12.4. The number of rotatable bonds is 9. The Labute approximate surface area is 153 Å². The molecule has 0 bridgehead atoms. The lowest BCUT2D eigenvalue weighted by atomic mass is 9.86. The van der Waals surface area contributed by atoms with Crippen molar-refractivity contribution in [3.63, 3.8) is 0 Å². The summed E-state index contributed by atoms with van der Waals surface area (Å²) in [6.07, 6.45) is 6.70. The predicted octanol–water partition coefficient (Wildman–Crippen LogP) is 4.83. The van der Waals surface area contributed by atoms with E-state index in [0.717, 1.165) is 38.5 Å². The average molecular weight is 361 g/mol. The Morgan fingerprint density at radius 3 is 2.65 bits per heavy atom. The van der Waals surface area contributed by atoms with Gasteiger partial charge in [0.15, 0.2) is 5.78 Å². The van der Waals surface area contributed by atoms with Gasteiger partial charge < -0.3 is 4.74 Å². The number of hydrogen-bond acceptors (Lipinski definition) is 5. The molecule has 0 radical (unpaired) electrons. The van der Waals surface area contributed by atoms with Crippen LogP contribution in [0.2, 0.25) is 0 Å². The third-order valence-corrected chi connectivity index (χ3v) is 4.72. The van der Waals surface area contributed by atoms with E-state index in [2.05, 4.69) is 4.94 Å². The first-order valence-electron chi connectivity index (χ1n) is 9.05. The van der Waals surface area contributed by atoms with E-state index in [1.165, 1.54) is 0 Å². The maximum atomic E-state index is 12.4. The van der Waals surface area contributed by atoms with Crippen molar-refractivity contribution >= 4 is 11.8 Å². The second-order valence-corrected chi connectivity index (χ2v) is 7.05. The van der Waals surface area contributed by atoms with Crippen molar-refractivity contribution in [1.82, 2.24) is 0 Å². The molecule has 0 aromatic heterocycles. The number of hydrogen-bond donors (Lipinski definition) is 0. The van der Waals surface area contributed by atoms with Crippen molar-refractivity contribution in [1.29, 1.82) is 5.26 Å². The summed E-state index contributed by atoms with van der Waals surface area (Å²) in [6, 6.07) is 7.00. The van der Waals surface area contributed by atoms with Crippen LogP contribution in [0.4, 0.5) is 4.53 Å². The van der Waals surface area contributed by atoms with Gasteiger partial charge in [0.25, 0.3) is 0 Å². The number of ketones is 1. The number of carbonyl (C=O) groups excluding carboxylic acids is 2. The second kappa shape index (κ2) is 9.33. The SMILES string of the molecule is CC1(CCCCCCCCC(=O)OF)CC(=O)c2cc(C#N)ccc2O1. The fraction of sp³-hybridized carbons (Fsp3) is 0.550. The number of Topliss-reactive ketones (excluding diaryl/α,β-unsaturated/α-hetero) is 1. The van der Waals surface area contributed by atoms with E-state index < -0.39 is 11.6 Å². The van der Waals surface area contributed by atoms with Crippen LogP contribution in [0, 0.1) is 11.3 Å². The van der Waals surface area contributed by atoms with Crippen LogP contribution >= 0.6 is 0 Å². The fourth-order valence-electron chi connectivity index (χ4n) is 3.30. The van der Waals surface area contributed by atoms with Crippen LogP contribution in [0.15, 0.2) is 18.2 Å². The first kappa shape index (κ1) is 19.9. The number of nitriles is 1. The summed E-state index contributed by atoms with van der Waals surface area (Å²) in [4.78, 5) is 26.2. The third kappa shape index (κ3) is 5.55. The zero-order chi connectivity index (χ0) is 19.0. The van der Waals surface area contributed by atoms with Crippen molar-refractivity contribution < 1.29 is 23.8 Å². The summed E-state index contributed by atoms with van der Waals surface area (Å²) in [7, 11) is 0. The van der Waals surface area contributed by atoms with Gasteiger partial charge in [-0.3, -0.25) is 9.74 Å². The molecule has 1 heterocycles. The van der Waals surface area contributed by atoms with Gasteiger partial charge in [-0.05, 0) is 44.4 Å². The normalized spacial score (nSPS) is 18.6. The van der Waals surface area contributed by atoms with Gasteiger partial charge in [-0.25, -0.2) is 4.79 Å². The Morgan fingerprint density at radius 1 is 1.27 bits per heavy atom. The highest BCUT2D eigenvalue weighted by Crippen LogP contribution is 2.36. The minimum atomic E-state index is -0.806. The van der Waals surface area contributed by atoms with E-state index in [0.29, 0.717) is 29.7 Å². The molecule has 0 N–H and O–H groups in total. The standard InChI is InChI=1S/C20H24FNO4/c1-20(11-7-5-3-2-4-6-8-19(24)26-21)13-17(23)16-12-15(14-22)9-10-18(16)25-20/h9-10,12H,2-8,11,13H2,1H3. The third-order valence-electron chi connectivity index (χ3n) is 4.72. The molecule has 0 aliphatic carbocycles. The van der Waals surface area contributed by atoms with Gasteiger partial charge in [0.05, 0.1) is 23.6 Å². The topological polar surface area (TPSA) is 76.4 Å². The van der Waals surface area contributed by atoms with Crippen LogP contribution < -0.4 is 4.74 Å². The molecule has 6 heteroatoms. The highest BCUT2D eigenvalue weighted by Gasteiger charge is 2.36. The molecular formula is C20H24FNO4. The Kier molecular flexibility index (Phi) is 7.14. The monoisotopic (exact) mass is 361 g/mol. The van der Waals surface area contributed by atoms with Crippen LogP contribution in [-0.4, -0.2) is 17.4 Å². The highest BCUT2D eigenvalue weighted by molar-refractivity contribution is 6.00. The van der Waals surface area contributed by atoms with Crippen LogP contribution in [0.3, 0.4) is 0 Å². The Bertz CT molecular complexity index is 698. The van der Waals surface area contributed by atoms with E-state index in [9.17, 15) is 14.1 Å². The molecule has 1 aromatic rings. The molecule has 1 aromatic carbocycles. The van der Waals surface area contributed by atoms with Gasteiger partial charge in [0.1, 0.15) is 11.4 Å². The molecule has 0 spiro atoms. The minimum Gasteiger partial charge on any atom is -0.486 e. The van der Waals surface area contributed by atoms with E-state index in [4.69, 9.17) is 10.00 Å². The summed E-state index contributed by atoms with van der Waals surface area (Å²) in [5.41, 5.74) is 0.445. The molecule has 26 heavy (non-hydrogen) atoms. The molecule has 1 atom stereocenters. The number of unbranched alkanes of at least 4 members (excludes halogenated alkanes) is 5. The highest BCUT2D eigenvalue weighted by atomic mass is 19.3. The largest absolute Gasteiger partial charge is 0.486 e. The van der Waals surface area contributed by atoms with Crippen molar-refractivity contribution in [2.75, 3.05) is 0 Å². The van der Waals surface area contributed by atoms with Gasteiger partial charge in [-0.2, -0.15) is 5.26 Å². The van der Waals surface area contributed by atoms with Gasteiger partial charge in [-0.1, -0.05) is 25.7 Å². The van der Waals surface area contributed by atoms with Crippen LogP contribution in [-0.2, 0) is 9.74 Å². The molecule has 0 fully saturated rings. The van der Waals surface area contributed by atoms with Gasteiger partial charge >= 0.3 is 5.97 Å².